The van der Waals surface area contributed by atoms with Crippen molar-refractivity contribution in [3.63, 3.8) is 0 Å². The Bertz CT molecular complexity index is 168. The fraction of sp³-hybridized carbons (Fsp3) is 1.00. The predicted octanol–water partition coefficient (Wildman–Crippen LogP) is 4.00. The van der Waals surface area contributed by atoms with Crippen LogP contribution in [-0.2, 0) is 4.74 Å². The van der Waals surface area contributed by atoms with Gasteiger partial charge in [-0.05, 0) is 24.2 Å². The molecule has 0 aliphatic heterocycles. The highest BCUT2D eigenvalue weighted by Crippen LogP contribution is 2.28. The minimum atomic E-state index is 0.275. The van der Waals surface area contributed by atoms with Gasteiger partial charge in [-0.3, -0.25) is 0 Å². The second-order valence-corrected chi connectivity index (χ2v) is 5.97. The third kappa shape index (κ3) is 3.90. The second kappa shape index (κ2) is 5.50. The lowest BCUT2D eigenvalue weighted by atomic mass is 9.87. The van der Waals surface area contributed by atoms with Crippen LogP contribution < -0.4 is 0 Å². The number of ether oxygens (including phenoxy) is 1. The highest BCUT2D eigenvalue weighted by molar-refractivity contribution is 9.09. The van der Waals surface area contributed by atoms with Gasteiger partial charge in [0.05, 0.1) is 12.7 Å². The molecule has 2 atom stereocenters. The van der Waals surface area contributed by atoms with E-state index in [2.05, 4.69) is 36.7 Å². The molecule has 0 amide bonds. The number of halogens is 1. The van der Waals surface area contributed by atoms with Gasteiger partial charge >= 0.3 is 0 Å². The Morgan fingerprint density at radius 1 is 1.29 bits per heavy atom. The SMILES string of the molecule is CC1CCCCC1OCC(C)(C)CBr. The molecule has 84 valence electrons. The van der Waals surface area contributed by atoms with Crippen molar-refractivity contribution < 1.29 is 4.74 Å². The second-order valence-electron chi connectivity index (χ2n) is 5.41. The Morgan fingerprint density at radius 2 is 1.93 bits per heavy atom. The predicted molar refractivity (Wildman–Crippen MR) is 64.9 cm³/mol. The first-order valence-electron chi connectivity index (χ1n) is 5.73. The summed E-state index contributed by atoms with van der Waals surface area (Å²) in [5.41, 5.74) is 0.275. The molecule has 0 aromatic carbocycles. The summed E-state index contributed by atoms with van der Waals surface area (Å²) >= 11 is 3.53. The van der Waals surface area contributed by atoms with Crippen LogP contribution in [0.25, 0.3) is 0 Å². The fourth-order valence-electron chi connectivity index (χ4n) is 1.90. The zero-order valence-corrected chi connectivity index (χ0v) is 11.3. The maximum Gasteiger partial charge on any atom is 0.0600 e. The topological polar surface area (TPSA) is 9.23 Å². The van der Waals surface area contributed by atoms with Crippen molar-refractivity contribution >= 4 is 15.9 Å². The first kappa shape index (κ1) is 12.5. The Labute approximate surface area is 96.7 Å². The fourth-order valence-corrected chi connectivity index (χ4v) is 2.06. The van der Waals surface area contributed by atoms with Crippen molar-refractivity contribution in [1.29, 1.82) is 0 Å². The van der Waals surface area contributed by atoms with Crippen LogP contribution in [0.1, 0.15) is 46.5 Å². The van der Waals surface area contributed by atoms with E-state index in [0.29, 0.717) is 6.10 Å². The van der Waals surface area contributed by atoms with E-state index >= 15 is 0 Å². The van der Waals surface area contributed by atoms with Crippen LogP contribution in [0.3, 0.4) is 0 Å². The van der Waals surface area contributed by atoms with Crippen LogP contribution in [0.4, 0.5) is 0 Å². The molecule has 2 unspecified atom stereocenters. The molecule has 0 heterocycles. The van der Waals surface area contributed by atoms with Gasteiger partial charge in [0.1, 0.15) is 0 Å². The number of hydrogen-bond donors (Lipinski definition) is 0. The molecule has 0 bridgehead atoms. The largest absolute Gasteiger partial charge is 0.377 e. The molecule has 0 N–H and O–H groups in total. The molecule has 2 heteroatoms. The summed E-state index contributed by atoms with van der Waals surface area (Å²) in [4.78, 5) is 0. The minimum Gasteiger partial charge on any atom is -0.377 e. The van der Waals surface area contributed by atoms with Crippen LogP contribution in [-0.4, -0.2) is 18.0 Å². The van der Waals surface area contributed by atoms with Crippen LogP contribution in [0.2, 0.25) is 0 Å². The molecule has 1 fully saturated rings. The lowest BCUT2D eigenvalue weighted by Gasteiger charge is -2.32. The molecule has 1 rings (SSSR count). The van der Waals surface area contributed by atoms with Crippen LogP contribution in [0.15, 0.2) is 0 Å². The van der Waals surface area contributed by atoms with Gasteiger partial charge in [0.2, 0.25) is 0 Å². The third-order valence-corrected chi connectivity index (χ3v) is 4.60. The molecule has 0 aromatic rings. The summed E-state index contributed by atoms with van der Waals surface area (Å²) in [6.07, 6.45) is 5.87. The van der Waals surface area contributed by atoms with E-state index in [9.17, 15) is 0 Å². The Balaban J connectivity index is 2.29. The van der Waals surface area contributed by atoms with E-state index in [0.717, 1.165) is 17.9 Å². The minimum absolute atomic E-state index is 0.275. The van der Waals surface area contributed by atoms with Crippen molar-refractivity contribution in [1.82, 2.24) is 0 Å². The van der Waals surface area contributed by atoms with E-state index < -0.39 is 0 Å². The van der Waals surface area contributed by atoms with Crippen molar-refractivity contribution in [2.24, 2.45) is 11.3 Å². The standard InChI is InChI=1S/C12H23BrO/c1-10-6-4-5-7-11(10)14-9-12(2,3)8-13/h10-11H,4-9H2,1-3H3. The van der Waals surface area contributed by atoms with Crippen molar-refractivity contribution in [2.45, 2.75) is 52.6 Å². The summed E-state index contributed by atoms with van der Waals surface area (Å²) in [5, 5.41) is 1.01. The lowest BCUT2D eigenvalue weighted by Crippen LogP contribution is -2.31. The van der Waals surface area contributed by atoms with Crippen LogP contribution in [0.5, 0.6) is 0 Å². The number of alkyl halides is 1. The molecule has 0 aromatic heterocycles. The molecular weight excluding hydrogens is 240 g/mol. The van der Waals surface area contributed by atoms with Gasteiger partial charge in [-0.2, -0.15) is 0 Å². The van der Waals surface area contributed by atoms with Gasteiger partial charge < -0.3 is 4.74 Å². The molecule has 1 saturated carbocycles. The molecule has 0 radical (unpaired) electrons. The van der Waals surface area contributed by atoms with Gasteiger partial charge in [0.15, 0.2) is 0 Å². The monoisotopic (exact) mass is 262 g/mol. The first-order chi connectivity index (χ1) is 6.55. The van der Waals surface area contributed by atoms with Crippen molar-refractivity contribution in [2.75, 3.05) is 11.9 Å². The zero-order valence-electron chi connectivity index (χ0n) is 9.68. The average Bonchev–Trinajstić information content (AvgIpc) is 2.17. The quantitative estimate of drug-likeness (QED) is 0.696. The maximum atomic E-state index is 6.02. The molecule has 1 aliphatic rings. The Hall–Kier alpha value is 0.440. The molecule has 14 heavy (non-hydrogen) atoms. The average molecular weight is 263 g/mol. The summed E-state index contributed by atoms with van der Waals surface area (Å²) < 4.78 is 6.02. The van der Waals surface area contributed by atoms with Gasteiger partial charge in [0.25, 0.3) is 0 Å². The molecule has 1 aliphatic carbocycles. The van der Waals surface area contributed by atoms with E-state index in [-0.39, 0.29) is 5.41 Å². The highest BCUT2D eigenvalue weighted by atomic mass is 79.9. The smallest absolute Gasteiger partial charge is 0.0600 e. The number of hydrogen-bond acceptors (Lipinski definition) is 1. The summed E-state index contributed by atoms with van der Waals surface area (Å²) in [6, 6.07) is 0. The summed E-state index contributed by atoms with van der Waals surface area (Å²) in [5.74, 6) is 0.759. The number of rotatable bonds is 4. The third-order valence-electron chi connectivity index (χ3n) is 3.08. The Morgan fingerprint density at radius 3 is 2.50 bits per heavy atom. The summed E-state index contributed by atoms with van der Waals surface area (Å²) in [6.45, 7) is 7.70. The molecular formula is C12H23BrO. The summed E-state index contributed by atoms with van der Waals surface area (Å²) in [7, 11) is 0. The lowest BCUT2D eigenvalue weighted by molar-refractivity contribution is -0.0348. The van der Waals surface area contributed by atoms with Crippen molar-refractivity contribution in [3.05, 3.63) is 0 Å². The normalized spacial score (nSPS) is 29.1. The van der Waals surface area contributed by atoms with Crippen LogP contribution >= 0.6 is 15.9 Å². The van der Waals surface area contributed by atoms with Gasteiger partial charge in [-0.25, -0.2) is 0 Å². The van der Waals surface area contributed by atoms with Crippen LogP contribution in [0, 0.1) is 11.3 Å². The zero-order chi connectivity index (χ0) is 10.6. The van der Waals surface area contributed by atoms with Gasteiger partial charge in [-0.1, -0.05) is 49.5 Å². The van der Waals surface area contributed by atoms with Gasteiger partial charge in [-0.15, -0.1) is 0 Å². The molecule has 0 saturated heterocycles. The van der Waals surface area contributed by atoms with Gasteiger partial charge in [0, 0.05) is 5.33 Å². The first-order valence-corrected chi connectivity index (χ1v) is 6.85. The highest BCUT2D eigenvalue weighted by Gasteiger charge is 2.25. The molecule has 0 spiro atoms. The van der Waals surface area contributed by atoms with E-state index in [4.69, 9.17) is 4.74 Å². The molecule has 1 nitrogen and oxygen atoms in total. The van der Waals surface area contributed by atoms with Crippen molar-refractivity contribution in [3.8, 4) is 0 Å². The van der Waals surface area contributed by atoms with E-state index in [1.165, 1.54) is 25.7 Å². The Kier molecular flexibility index (Phi) is 4.92. The maximum absolute atomic E-state index is 6.02. The van der Waals surface area contributed by atoms with E-state index in [1.807, 2.05) is 0 Å². The van der Waals surface area contributed by atoms with E-state index in [1.54, 1.807) is 0 Å².